The molecule has 2 aliphatic heterocycles. The van der Waals surface area contributed by atoms with Crippen LogP contribution in [0.5, 0.6) is 0 Å². The molecule has 0 aliphatic carbocycles. The Hall–Kier alpha value is -6.26. The van der Waals surface area contributed by atoms with Crippen LogP contribution in [0.2, 0.25) is 0 Å². The van der Waals surface area contributed by atoms with E-state index in [1.165, 1.54) is 12.1 Å². The van der Waals surface area contributed by atoms with Crippen molar-refractivity contribution in [1.29, 1.82) is 0 Å². The number of aliphatic hydroxyl groups is 1. The van der Waals surface area contributed by atoms with Crippen LogP contribution in [0.3, 0.4) is 0 Å². The third-order valence-corrected chi connectivity index (χ3v) is 13.6. The van der Waals surface area contributed by atoms with Gasteiger partial charge < -0.3 is 24.8 Å². The summed E-state index contributed by atoms with van der Waals surface area (Å²) in [6.07, 6.45) is -0.217. The number of hydrogen-bond donors (Lipinski definition) is 3. The maximum Gasteiger partial charge on any atom is 0.269 e. The number of nitrogens with zero attached hydrogens (tertiary/aromatic N) is 3. The maximum absolute atomic E-state index is 13.9. The molecular weight excluding hydrogens is 843 g/mol. The van der Waals surface area contributed by atoms with Crippen molar-refractivity contribution in [2.45, 2.75) is 62.4 Å². The monoisotopic (exact) mass is 895 g/mol. The molecule has 65 heavy (non-hydrogen) atoms. The average molecular weight is 896 g/mol. The minimum absolute atomic E-state index is 0.0429. The lowest BCUT2D eigenvalue weighted by molar-refractivity contribution is -0.384. The van der Waals surface area contributed by atoms with Gasteiger partial charge in [-0.2, -0.15) is 4.72 Å². The third kappa shape index (κ3) is 11.5. The minimum atomic E-state index is -4.00. The molecule has 0 saturated carbocycles. The van der Waals surface area contributed by atoms with E-state index in [9.17, 15) is 28.4 Å². The lowest BCUT2D eigenvalue weighted by atomic mass is 9.97. The number of nitrogens with one attached hydrogen (secondary N) is 2. The second-order valence-electron chi connectivity index (χ2n) is 16.6. The van der Waals surface area contributed by atoms with Crippen LogP contribution in [0, 0.1) is 17.0 Å². The number of piperazine rings is 1. The first-order valence-electron chi connectivity index (χ1n) is 21.8. The molecular formula is C51H53N5O8S. The van der Waals surface area contributed by atoms with E-state index in [2.05, 4.69) is 19.8 Å². The summed E-state index contributed by atoms with van der Waals surface area (Å²) < 4.78 is 43.0. The van der Waals surface area contributed by atoms with E-state index in [0.717, 1.165) is 76.4 Å². The molecule has 2 fully saturated rings. The number of aliphatic hydroxyl groups excluding tert-OH is 1. The zero-order chi connectivity index (χ0) is 45.3. The second kappa shape index (κ2) is 20.7. The highest BCUT2D eigenvalue weighted by molar-refractivity contribution is 7.89. The van der Waals surface area contributed by atoms with Crippen molar-refractivity contribution < 1.29 is 32.7 Å². The van der Waals surface area contributed by atoms with Gasteiger partial charge in [-0.1, -0.05) is 121 Å². The Morgan fingerprint density at radius 2 is 1.45 bits per heavy atom. The molecule has 14 heteroatoms. The molecule has 2 heterocycles. The number of anilines is 1. The predicted octanol–water partition coefficient (Wildman–Crippen LogP) is 7.64. The van der Waals surface area contributed by atoms with Crippen molar-refractivity contribution in [3.8, 4) is 11.1 Å². The van der Waals surface area contributed by atoms with Gasteiger partial charge >= 0.3 is 0 Å². The van der Waals surface area contributed by atoms with Gasteiger partial charge in [0.05, 0.1) is 28.6 Å². The molecule has 6 aromatic rings. The van der Waals surface area contributed by atoms with Crippen LogP contribution in [-0.2, 0) is 43.9 Å². The topological polar surface area (TPSA) is 164 Å². The number of nitro groups is 1. The summed E-state index contributed by atoms with van der Waals surface area (Å²) in [4.78, 5) is 29.4. The Morgan fingerprint density at radius 1 is 0.785 bits per heavy atom. The van der Waals surface area contributed by atoms with Crippen molar-refractivity contribution in [2.24, 2.45) is 0 Å². The highest BCUT2D eigenvalue weighted by atomic mass is 32.2. The van der Waals surface area contributed by atoms with E-state index in [-0.39, 0.29) is 47.3 Å². The minimum Gasteiger partial charge on any atom is -0.392 e. The molecule has 4 atom stereocenters. The maximum atomic E-state index is 13.9. The molecule has 0 bridgehead atoms. The fraction of sp³-hybridized carbons (Fsp3) is 0.275. The van der Waals surface area contributed by atoms with Gasteiger partial charge in [0, 0.05) is 69.1 Å². The standard InChI is InChI=1S/C51H53N5O8S/c1-36-11-25-46(26-12-36)65(61,62)53-48(31-37-7-3-2-4-8-37)50(58)52-33-42-9-5-6-10-47(42)39-17-19-41(20-18-39)51-63-45(32-49(64-51)40-15-13-38(35-57)14-16-40)34-54-27-29-55(30-28-54)43-21-23-44(24-22-43)56(59)60/h2-26,45,48-49,51,53,57H,27-35H2,1H3,(H,52,58)/t45-,48-,49+,51+/m1/s1. The summed E-state index contributed by atoms with van der Waals surface area (Å²) in [6.45, 7) is 5.90. The smallest absolute Gasteiger partial charge is 0.269 e. The predicted molar refractivity (Wildman–Crippen MR) is 249 cm³/mol. The molecule has 6 aromatic carbocycles. The molecule has 0 aromatic heterocycles. The number of sulfonamides is 1. The molecule has 0 spiro atoms. The second-order valence-corrected chi connectivity index (χ2v) is 18.3. The highest BCUT2D eigenvalue weighted by Gasteiger charge is 2.34. The van der Waals surface area contributed by atoms with Crippen LogP contribution < -0.4 is 14.9 Å². The fourth-order valence-corrected chi connectivity index (χ4v) is 9.58. The van der Waals surface area contributed by atoms with Crippen LogP contribution >= 0.6 is 0 Å². The van der Waals surface area contributed by atoms with Crippen molar-refractivity contribution in [3.05, 3.63) is 195 Å². The van der Waals surface area contributed by atoms with Gasteiger partial charge in [0.15, 0.2) is 6.29 Å². The number of ether oxygens (including phenoxy) is 2. The van der Waals surface area contributed by atoms with Gasteiger partial charge in [0.2, 0.25) is 15.9 Å². The Labute approximate surface area is 379 Å². The number of carbonyl (C=O) groups excluding carboxylic acids is 1. The molecule has 336 valence electrons. The van der Waals surface area contributed by atoms with Crippen molar-refractivity contribution in [3.63, 3.8) is 0 Å². The zero-order valence-electron chi connectivity index (χ0n) is 36.2. The molecule has 0 radical (unpaired) electrons. The number of benzene rings is 6. The first-order valence-corrected chi connectivity index (χ1v) is 23.3. The van der Waals surface area contributed by atoms with Gasteiger partial charge in [-0.05, 0) is 71.0 Å². The van der Waals surface area contributed by atoms with Crippen molar-refractivity contribution >= 4 is 27.3 Å². The molecule has 2 aliphatic rings. The van der Waals surface area contributed by atoms with Crippen LogP contribution in [0.1, 0.15) is 52.2 Å². The Balaban J connectivity index is 0.952. The lowest BCUT2D eigenvalue weighted by Crippen LogP contribution is -2.49. The Kier molecular flexibility index (Phi) is 14.4. The SMILES string of the molecule is Cc1ccc(S(=O)(=O)N[C@H](Cc2ccccc2)C(=O)NCc2ccccc2-c2ccc([C@H]3O[C@@H](CN4CCN(c5ccc([N+](=O)[O-])cc5)CC4)C[C@@H](c4ccc(CO)cc4)O3)cc2)cc1. The number of carbonyl (C=O) groups is 1. The number of aryl methyl sites for hydroxylation is 1. The quantitative estimate of drug-likeness (QED) is 0.0650. The van der Waals surface area contributed by atoms with Crippen LogP contribution in [0.15, 0.2) is 157 Å². The van der Waals surface area contributed by atoms with Gasteiger partial charge in [0.25, 0.3) is 5.69 Å². The normalized spacial score (nSPS) is 18.5. The van der Waals surface area contributed by atoms with E-state index in [4.69, 9.17) is 9.47 Å². The molecule has 3 N–H and O–H groups in total. The largest absolute Gasteiger partial charge is 0.392 e. The van der Waals surface area contributed by atoms with Gasteiger partial charge in [-0.25, -0.2) is 8.42 Å². The first-order chi connectivity index (χ1) is 31.5. The summed E-state index contributed by atoms with van der Waals surface area (Å²) in [5.41, 5.74) is 8.17. The fourth-order valence-electron chi connectivity index (χ4n) is 8.39. The van der Waals surface area contributed by atoms with Crippen molar-refractivity contribution in [1.82, 2.24) is 14.9 Å². The molecule has 1 amide bonds. The van der Waals surface area contributed by atoms with E-state index in [0.29, 0.717) is 13.0 Å². The van der Waals surface area contributed by atoms with Gasteiger partial charge in [0.1, 0.15) is 6.04 Å². The van der Waals surface area contributed by atoms with Crippen LogP contribution in [-0.4, -0.2) is 74.1 Å². The number of hydrogen-bond acceptors (Lipinski definition) is 10. The number of nitro benzene ring substituents is 1. The lowest BCUT2D eigenvalue weighted by Gasteiger charge is -2.41. The van der Waals surface area contributed by atoms with E-state index in [1.54, 1.807) is 36.4 Å². The van der Waals surface area contributed by atoms with E-state index >= 15 is 0 Å². The van der Waals surface area contributed by atoms with Crippen LogP contribution in [0.25, 0.3) is 11.1 Å². The molecule has 13 nitrogen and oxygen atoms in total. The summed E-state index contributed by atoms with van der Waals surface area (Å²) in [6, 6.07) is 45.2. The summed E-state index contributed by atoms with van der Waals surface area (Å²) in [7, 11) is -4.00. The Morgan fingerprint density at radius 3 is 2.12 bits per heavy atom. The highest BCUT2D eigenvalue weighted by Crippen LogP contribution is 2.39. The zero-order valence-corrected chi connectivity index (χ0v) is 37.0. The summed E-state index contributed by atoms with van der Waals surface area (Å²) in [5, 5.41) is 23.8. The molecule has 0 unspecified atom stereocenters. The molecule has 8 rings (SSSR count). The number of non-ortho nitro benzene ring substituents is 1. The van der Waals surface area contributed by atoms with E-state index < -0.39 is 28.3 Å². The average Bonchev–Trinajstić information content (AvgIpc) is 3.34. The summed E-state index contributed by atoms with van der Waals surface area (Å²) >= 11 is 0. The van der Waals surface area contributed by atoms with E-state index in [1.807, 2.05) is 110 Å². The Bertz CT molecular complexity index is 2640. The summed E-state index contributed by atoms with van der Waals surface area (Å²) in [5.74, 6) is -0.442. The van der Waals surface area contributed by atoms with Crippen molar-refractivity contribution in [2.75, 3.05) is 37.6 Å². The van der Waals surface area contributed by atoms with Gasteiger partial charge in [-0.3, -0.25) is 19.8 Å². The first kappa shape index (κ1) is 45.3. The number of rotatable bonds is 16. The third-order valence-electron chi connectivity index (χ3n) is 12.1. The van der Waals surface area contributed by atoms with Gasteiger partial charge in [-0.15, -0.1) is 0 Å². The van der Waals surface area contributed by atoms with Crippen LogP contribution in [0.4, 0.5) is 11.4 Å². The number of amides is 1. The molecule has 2 saturated heterocycles.